The second-order valence-corrected chi connectivity index (χ2v) is 6.00. The van der Waals surface area contributed by atoms with Gasteiger partial charge in [0.1, 0.15) is 0 Å². The Kier molecular flexibility index (Phi) is 4.53. The lowest BCUT2D eigenvalue weighted by Gasteiger charge is -2.28. The van der Waals surface area contributed by atoms with Crippen LogP contribution in [0.5, 0.6) is 0 Å². The van der Waals surface area contributed by atoms with Crippen LogP contribution in [0.25, 0.3) is 0 Å². The molecule has 0 radical (unpaired) electrons. The van der Waals surface area contributed by atoms with Crippen LogP contribution in [0.15, 0.2) is 0 Å². The van der Waals surface area contributed by atoms with Crippen molar-refractivity contribution >= 4 is 17.7 Å². The Bertz CT molecular complexity index is 233. The predicted octanol–water partition coefficient (Wildman–Crippen LogP) is 1.53. The second-order valence-electron chi connectivity index (χ2n) is 4.87. The number of hydrogen-bond donors (Lipinski definition) is 2. The highest BCUT2D eigenvalue weighted by molar-refractivity contribution is 7.99. The van der Waals surface area contributed by atoms with Crippen LogP contribution in [-0.2, 0) is 4.79 Å². The molecule has 2 rings (SSSR count). The molecule has 1 aliphatic heterocycles. The molecule has 92 valence electrons. The van der Waals surface area contributed by atoms with Gasteiger partial charge in [0.25, 0.3) is 0 Å². The van der Waals surface area contributed by atoms with Crippen LogP contribution in [0.2, 0.25) is 0 Å². The first-order valence-corrected chi connectivity index (χ1v) is 7.65. The molecule has 1 heterocycles. The van der Waals surface area contributed by atoms with Gasteiger partial charge >= 0.3 is 0 Å². The van der Waals surface area contributed by atoms with Gasteiger partial charge in [-0.3, -0.25) is 4.79 Å². The molecule has 0 bridgehead atoms. The first kappa shape index (κ1) is 12.2. The van der Waals surface area contributed by atoms with Gasteiger partial charge in [0, 0.05) is 11.3 Å². The van der Waals surface area contributed by atoms with E-state index in [9.17, 15) is 4.79 Å². The molecule has 3 nitrogen and oxygen atoms in total. The van der Waals surface area contributed by atoms with Crippen LogP contribution >= 0.6 is 11.8 Å². The Morgan fingerprint density at radius 3 is 2.56 bits per heavy atom. The molecule has 16 heavy (non-hydrogen) atoms. The molecule has 1 saturated heterocycles. The van der Waals surface area contributed by atoms with Gasteiger partial charge in [-0.15, -0.1) is 0 Å². The maximum atomic E-state index is 11.9. The molecule has 2 N–H and O–H groups in total. The zero-order valence-corrected chi connectivity index (χ0v) is 10.8. The standard InChI is InChI=1S/C12H22N2OS/c1-16-10-6-4-9(5-7-10)14-12(15)11-3-2-8-13-11/h9-11,13H,2-8H2,1H3,(H,14,15)/t9?,10?,11-/m1/s1. The number of hydrogen-bond acceptors (Lipinski definition) is 3. The SMILES string of the molecule is CSC1CCC(NC(=O)[C@H]2CCCN2)CC1. The minimum atomic E-state index is 0.0817. The third-order valence-corrected chi connectivity index (χ3v) is 4.87. The summed E-state index contributed by atoms with van der Waals surface area (Å²) in [4.78, 5) is 11.9. The average Bonchev–Trinajstić information content (AvgIpc) is 2.83. The number of carbonyl (C=O) groups is 1. The lowest BCUT2D eigenvalue weighted by Crippen LogP contribution is -2.46. The minimum Gasteiger partial charge on any atom is -0.352 e. The van der Waals surface area contributed by atoms with Crippen molar-refractivity contribution in [2.24, 2.45) is 0 Å². The van der Waals surface area contributed by atoms with Gasteiger partial charge in [0.05, 0.1) is 6.04 Å². The van der Waals surface area contributed by atoms with E-state index in [1.807, 2.05) is 11.8 Å². The molecule has 4 heteroatoms. The van der Waals surface area contributed by atoms with Gasteiger partial charge in [-0.25, -0.2) is 0 Å². The molecule has 0 aromatic heterocycles. The van der Waals surface area contributed by atoms with Gasteiger partial charge in [-0.2, -0.15) is 11.8 Å². The van der Waals surface area contributed by atoms with E-state index in [-0.39, 0.29) is 11.9 Å². The molecule has 0 aromatic rings. The fourth-order valence-corrected chi connectivity index (χ4v) is 3.40. The molecule has 2 aliphatic rings. The number of rotatable bonds is 3. The molecule has 1 amide bonds. The smallest absolute Gasteiger partial charge is 0.237 e. The van der Waals surface area contributed by atoms with E-state index >= 15 is 0 Å². The maximum Gasteiger partial charge on any atom is 0.237 e. The van der Waals surface area contributed by atoms with Gasteiger partial charge in [0.2, 0.25) is 5.91 Å². The first-order chi connectivity index (χ1) is 7.79. The molecule has 1 atom stereocenters. The summed E-state index contributed by atoms with van der Waals surface area (Å²) in [5.41, 5.74) is 0. The molecule has 0 spiro atoms. The fraction of sp³-hybridized carbons (Fsp3) is 0.917. The third-order valence-electron chi connectivity index (χ3n) is 3.73. The quantitative estimate of drug-likeness (QED) is 0.788. The molecule has 1 aliphatic carbocycles. The predicted molar refractivity (Wildman–Crippen MR) is 68.7 cm³/mol. The third kappa shape index (κ3) is 3.14. The van der Waals surface area contributed by atoms with E-state index in [0.29, 0.717) is 6.04 Å². The second kappa shape index (κ2) is 5.92. The molecular weight excluding hydrogens is 220 g/mol. The van der Waals surface area contributed by atoms with Crippen LogP contribution in [-0.4, -0.2) is 36.0 Å². The Balaban J connectivity index is 1.71. The Morgan fingerprint density at radius 1 is 1.25 bits per heavy atom. The lowest BCUT2D eigenvalue weighted by atomic mass is 9.94. The molecule has 1 saturated carbocycles. The monoisotopic (exact) mass is 242 g/mol. The van der Waals surface area contributed by atoms with Crippen molar-refractivity contribution in [2.75, 3.05) is 12.8 Å². The van der Waals surface area contributed by atoms with Crippen LogP contribution < -0.4 is 10.6 Å². The maximum absolute atomic E-state index is 11.9. The summed E-state index contributed by atoms with van der Waals surface area (Å²) < 4.78 is 0. The zero-order chi connectivity index (χ0) is 11.4. The summed E-state index contributed by atoms with van der Waals surface area (Å²) in [6.07, 6.45) is 9.15. The van der Waals surface area contributed by atoms with E-state index in [0.717, 1.165) is 37.5 Å². The first-order valence-electron chi connectivity index (χ1n) is 6.36. The van der Waals surface area contributed by atoms with Gasteiger partial charge in [-0.05, 0) is 51.3 Å². The van der Waals surface area contributed by atoms with E-state index in [2.05, 4.69) is 16.9 Å². The summed E-state index contributed by atoms with van der Waals surface area (Å²) in [7, 11) is 0. The largest absolute Gasteiger partial charge is 0.352 e. The van der Waals surface area contributed by atoms with Crippen molar-refractivity contribution in [3.8, 4) is 0 Å². The van der Waals surface area contributed by atoms with Crippen molar-refractivity contribution in [1.82, 2.24) is 10.6 Å². The molecule has 0 aromatic carbocycles. The Morgan fingerprint density at radius 2 is 2.00 bits per heavy atom. The van der Waals surface area contributed by atoms with E-state index in [4.69, 9.17) is 0 Å². The normalized spacial score (nSPS) is 34.9. The summed E-state index contributed by atoms with van der Waals surface area (Å²) in [6.45, 7) is 0.997. The summed E-state index contributed by atoms with van der Waals surface area (Å²) in [6, 6.07) is 0.511. The van der Waals surface area contributed by atoms with Gasteiger partial charge in [-0.1, -0.05) is 0 Å². The fourth-order valence-electron chi connectivity index (χ4n) is 2.65. The van der Waals surface area contributed by atoms with Crippen LogP contribution in [0.1, 0.15) is 38.5 Å². The summed E-state index contributed by atoms with van der Waals surface area (Å²) >= 11 is 1.97. The molecule has 0 unspecified atom stereocenters. The Labute approximate surface area is 102 Å². The molecular formula is C12H22N2OS. The number of carbonyl (C=O) groups excluding carboxylic acids is 1. The van der Waals surface area contributed by atoms with Crippen LogP contribution in [0.3, 0.4) is 0 Å². The Hall–Kier alpha value is -0.220. The highest BCUT2D eigenvalue weighted by Crippen LogP contribution is 2.26. The van der Waals surface area contributed by atoms with Crippen LogP contribution in [0, 0.1) is 0 Å². The minimum absolute atomic E-state index is 0.0817. The number of nitrogens with one attached hydrogen (secondary N) is 2. The number of thioether (sulfide) groups is 1. The number of amides is 1. The van der Waals surface area contributed by atoms with E-state index in [1.165, 1.54) is 12.8 Å². The molecule has 2 fully saturated rings. The van der Waals surface area contributed by atoms with Crippen molar-refractivity contribution in [2.45, 2.75) is 55.9 Å². The van der Waals surface area contributed by atoms with E-state index in [1.54, 1.807) is 0 Å². The van der Waals surface area contributed by atoms with Crippen molar-refractivity contribution in [3.63, 3.8) is 0 Å². The lowest BCUT2D eigenvalue weighted by molar-refractivity contribution is -0.123. The van der Waals surface area contributed by atoms with Crippen LogP contribution in [0.4, 0.5) is 0 Å². The highest BCUT2D eigenvalue weighted by atomic mass is 32.2. The van der Waals surface area contributed by atoms with Gasteiger partial charge < -0.3 is 10.6 Å². The zero-order valence-electron chi connectivity index (χ0n) is 10.00. The average molecular weight is 242 g/mol. The summed E-state index contributed by atoms with van der Waals surface area (Å²) in [5.74, 6) is 0.227. The van der Waals surface area contributed by atoms with Crippen molar-refractivity contribution in [3.05, 3.63) is 0 Å². The van der Waals surface area contributed by atoms with E-state index < -0.39 is 0 Å². The van der Waals surface area contributed by atoms with Crippen molar-refractivity contribution < 1.29 is 4.79 Å². The summed E-state index contributed by atoms with van der Waals surface area (Å²) in [5, 5.41) is 7.26. The van der Waals surface area contributed by atoms with Crippen molar-refractivity contribution in [1.29, 1.82) is 0 Å². The highest BCUT2D eigenvalue weighted by Gasteiger charge is 2.26. The van der Waals surface area contributed by atoms with Gasteiger partial charge in [0.15, 0.2) is 0 Å². The topological polar surface area (TPSA) is 41.1 Å².